The highest BCUT2D eigenvalue weighted by atomic mass is 16.2. The summed E-state index contributed by atoms with van der Waals surface area (Å²) in [4.78, 5) is 16.7. The molecule has 5 nitrogen and oxygen atoms in total. The molecule has 0 saturated carbocycles. The van der Waals surface area contributed by atoms with Crippen molar-refractivity contribution in [2.75, 3.05) is 39.8 Å². The lowest BCUT2D eigenvalue weighted by Crippen LogP contribution is -2.48. The van der Waals surface area contributed by atoms with Gasteiger partial charge in [-0.25, -0.2) is 0 Å². The normalized spacial score (nSPS) is 18.0. The lowest BCUT2D eigenvalue weighted by atomic mass is 10.2. The van der Waals surface area contributed by atoms with Crippen LogP contribution in [0.1, 0.15) is 32.0 Å². The molecule has 1 aromatic rings. The van der Waals surface area contributed by atoms with E-state index >= 15 is 0 Å². The van der Waals surface area contributed by atoms with Crippen molar-refractivity contribution in [3.05, 3.63) is 24.0 Å². The molecule has 0 aliphatic carbocycles. The van der Waals surface area contributed by atoms with Crippen LogP contribution in [0.25, 0.3) is 0 Å². The first kappa shape index (κ1) is 16.0. The first-order chi connectivity index (χ1) is 10.1. The molecule has 0 radical (unpaired) electrons. The van der Waals surface area contributed by atoms with Crippen LogP contribution in [-0.4, -0.2) is 60.0 Å². The van der Waals surface area contributed by atoms with Crippen LogP contribution < -0.4 is 5.32 Å². The molecule has 1 aliphatic heterocycles. The molecule has 21 heavy (non-hydrogen) atoms. The Bertz CT molecular complexity index is 449. The Morgan fingerprint density at radius 2 is 2.05 bits per heavy atom. The summed E-state index contributed by atoms with van der Waals surface area (Å²) in [5, 5.41) is 3.48. The number of piperazine rings is 1. The third kappa shape index (κ3) is 4.32. The minimum absolute atomic E-state index is 0.225. The smallest absolute Gasteiger partial charge is 0.242 e. The van der Waals surface area contributed by atoms with Crippen LogP contribution in [0.15, 0.2) is 18.3 Å². The highest BCUT2D eigenvalue weighted by Gasteiger charge is 2.20. The number of carbonyl (C=O) groups is 1. The topological polar surface area (TPSA) is 40.5 Å². The molecule has 1 aromatic heterocycles. The summed E-state index contributed by atoms with van der Waals surface area (Å²) in [6.45, 7) is 9.39. The van der Waals surface area contributed by atoms with Crippen LogP contribution in [0.3, 0.4) is 0 Å². The van der Waals surface area contributed by atoms with E-state index < -0.39 is 0 Å². The van der Waals surface area contributed by atoms with E-state index in [0.29, 0.717) is 6.54 Å². The summed E-state index contributed by atoms with van der Waals surface area (Å²) in [6.07, 6.45) is 3.12. The minimum atomic E-state index is 0.225. The molecule has 118 valence electrons. The van der Waals surface area contributed by atoms with E-state index in [1.54, 1.807) is 0 Å². The number of rotatable bonds is 6. The van der Waals surface area contributed by atoms with Crippen molar-refractivity contribution in [2.24, 2.45) is 0 Å². The lowest BCUT2D eigenvalue weighted by Gasteiger charge is -2.32. The first-order valence-electron chi connectivity index (χ1n) is 7.96. The van der Waals surface area contributed by atoms with Crippen molar-refractivity contribution < 1.29 is 4.79 Å². The average Bonchev–Trinajstić information content (AvgIpc) is 2.93. The van der Waals surface area contributed by atoms with Crippen LogP contribution in [-0.2, 0) is 11.3 Å². The molecule has 1 aliphatic rings. The molecule has 5 heteroatoms. The van der Waals surface area contributed by atoms with Crippen LogP contribution in [0, 0.1) is 0 Å². The maximum atomic E-state index is 12.4. The molecule has 1 unspecified atom stereocenters. The van der Waals surface area contributed by atoms with Crippen molar-refractivity contribution in [1.82, 2.24) is 19.7 Å². The molecule has 1 N–H and O–H groups in total. The number of likely N-dealkylation sites (N-methyl/N-ethyl adjacent to an activating group) is 1. The first-order valence-corrected chi connectivity index (χ1v) is 7.96. The molecule has 0 aromatic carbocycles. The van der Waals surface area contributed by atoms with E-state index in [2.05, 4.69) is 41.7 Å². The van der Waals surface area contributed by atoms with Crippen molar-refractivity contribution in [1.29, 1.82) is 0 Å². The Kier molecular flexibility index (Phi) is 5.82. The molecule has 2 heterocycles. The van der Waals surface area contributed by atoms with E-state index in [9.17, 15) is 4.79 Å². The molecular formula is C16H28N4O. The molecule has 1 amide bonds. The van der Waals surface area contributed by atoms with Crippen molar-refractivity contribution in [3.63, 3.8) is 0 Å². The van der Waals surface area contributed by atoms with E-state index in [-0.39, 0.29) is 11.9 Å². The second-order valence-corrected chi connectivity index (χ2v) is 5.92. The average molecular weight is 292 g/mol. The Labute approximate surface area is 127 Å². The van der Waals surface area contributed by atoms with Gasteiger partial charge in [-0.3, -0.25) is 4.79 Å². The zero-order chi connectivity index (χ0) is 15.2. The quantitative estimate of drug-likeness (QED) is 0.860. The molecule has 1 atom stereocenters. The second kappa shape index (κ2) is 7.61. The van der Waals surface area contributed by atoms with E-state index in [1.165, 1.54) is 5.69 Å². The monoisotopic (exact) mass is 292 g/mol. The maximum Gasteiger partial charge on any atom is 0.242 e. The number of nitrogens with zero attached hydrogens (tertiary/aromatic N) is 3. The largest absolute Gasteiger partial charge is 0.341 e. The SMILES string of the molecule is CCCNC(C)c1cccn1CC(=O)N1CCN(C)CC1. The third-order valence-corrected chi connectivity index (χ3v) is 4.17. The van der Waals surface area contributed by atoms with Gasteiger partial charge in [-0.2, -0.15) is 0 Å². The molecule has 2 rings (SSSR count). The highest BCUT2D eigenvalue weighted by molar-refractivity contribution is 5.76. The van der Waals surface area contributed by atoms with E-state index in [1.807, 2.05) is 17.2 Å². The van der Waals surface area contributed by atoms with Gasteiger partial charge in [0.05, 0.1) is 0 Å². The lowest BCUT2D eigenvalue weighted by molar-refractivity contribution is -0.133. The van der Waals surface area contributed by atoms with Crippen molar-refractivity contribution >= 4 is 5.91 Å². The van der Waals surface area contributed by atoms with Crippen LogP contribution in [0.2, 0.25) is 0 Å². The van der Waals surface area contributed by atoms with Gasteiger partial charge in [-0.05, 0) is 39.1 Å². The number of aromatic nitrogens is 1. The number of hydrogen-bond donors (Lipinski definition) is 1. The van der Waals surface area contributed by atoms with Crippen LogP contribution >= 0.6 is 0 Å². The summed E-state index contributed by atoms with van der Waals surface area (Å²) in [5.41, 5.74) is 1.19. The maximum absolute atomic E-state index is 12.4. The van der Waals surface area contributed by atoms with Gasteiger partial charge in [0.25, 0.3) is 0 Å². The summed E-state index contributed by atoms with van der Waals surface area (Å²) < 4.78 is 2.08. The van der Waals surface area contributed by atoms with Crippen molar-refractivity contribution in [2.45, 2.75) is 32.9 Å². The highest BCUT2D eigenvalue weighted by Crippen LogP contribution is 2.14. The van der Waals surface area contributed by atoms with Crippen LogP contribution in [0.5, 0.6) is 0 Å². The molecule has 1 saturated heterocycles. The van der Waals surface area contributed by atoms with Gasteiger partial charge < -0.3 is 19.7 Å². The van der Waals surface area contributed by atoms with Gasteiger partial charge >= 0.3 is 0 Å². The van der Waals surface area contributed by atoms with Crippen LogP contribution in [0.4, 0.5) is 0 Å². The number of hydrogen-bond acceptors (Lipinski definition) is 3. The predicted molar refractivity (Wildman–Crippen MR) is 85.2 cm³/mol. The molecule has 0 spiro atoms. The van der Waals surface area contributed by atoms with Gasteiger partial charge in [-0.1, -0.05) is 6.92 Å². The van der Waals surface area contributed by atoms with Gasteiger partial charge in [0.15, 0.2) is 0 Å². The summed E-state index contributed by atoms with van der Waals surface area (Å²) in [7, 11) is 2.10. The number of amides is 1. The van der Waals surface area contributed by atoms with Gasteiger partial charge in [-0.15, -0.1) is 0 Å². The fourth-order valence-electron chi connectivity index (χ4n) is 2.73. The van der Waals surface area contributed by atoms with Gasteiger partial charge in [0, 0.05) is 44.1 Å². The molecule has 0 bridgehead atoms. The van der Waals surface area contributed by atoms with Gasteiger partial charge in [0.1, 0.15) is 6.54 Å². The Morgan fingerprint density at radius 1 is 1.33 bits per heavy atom. The summed E-state index contributed by atoms with van der Waals surface area (Å²) >= 11 is 0. The zero-order valence-corrected chi connectivity index (χ0v) is 13.5. The second-order valence-electron chi connectivity index (χ2n) is 5.92. The number of nitrogens with one attached hydrogen (secondary N) is 1. The Hall–Kier alpha value is -1.33. The zero-order valence-electron chi connectivity index (χ0n) is 13.5. The van der Waals surface area contributed by atoms with Crippen molar-refractivity contribution in [3.8, 4) is 0 Å². The predicted octanol–water partition coefficient (Wildman–Crippen LogP) is 1.32. The Balaban J connectivity index is 1.93. The van der Waals surface area contributed by atoms with E-state index in [0.717, 1.165) is 39.1 Å². The fourth-order valence-corrected chi connectivity index (χ4v) is 2.73. The molecule has 1 fully saturated rings. The fraction of sp³-hybridized carbons (Fsp3) is 0.688. The minimum Gasteiger partial charge on any atom is -0.341 e. The standard InChI is InChI=1S/C16H28N4O/c1-4-7-17-14(2)15-6-5-8-20(15)13-16(21)19-11-9-18(3)10-12-19/h5-6,8,14,17H,4,7,9-13H2,1-3H3. The summed E-state index contributed by atoms with van der Waals surface area (Å²) in [6, 6.07) is 4.40. The number of carbonyl (C=O) groups excluding carboxylic acids is 1. The summed E-state index contributed by atoms with van der Waals surface area (Å²) in [5.74, 6) is 0.225. The Morgan fingerprint density at radius 3 is 2.71 bits per heavy atom. The van der Waals surface area contributed by atoms with E-state index in [4.69, 9.17) is 0 Å². The molecular weight excluding hydrogens is 264 g/mol. The van der Waals surface area contributed by atoms with Gasteiger partial charge in [0.2, 0.25) is 5.91 Å². The third-order valence-electron chi connectivity index (χ3n) is 4.17.